The molecule has 2 N–H and O–H groups in total. The van der Waals surface area contributed by atoms with Crippen molar-refractivity contribution in [3.8, 4) is 11.1 Å². The van der Waals surface area contributed by atoms with Crippen LogP contribution in [-0.2, 0) is 9.53 Å². The minimum atomic E-state index is -0.932. The molecule has 0 spiro atoms. The molecule has 0 radical (unpaired) electrons. The van der Waals surface area contributed by atoms with Crippen molar-refractivity contribution in [3.63, 3.8) is 0 Å². The lowest BCUT2D eigenvalue weighted by Gasteiger charge is -2.36. The normalized spacial score (nSPS) is 16.2. The minimum Gasteiger partial charge on any atom is -0.481 e. The Hall–Kier alpha value is -2.73. The second-order valence-electron chi connectivity index (χ2n) is 6.25. The first kappa shape index (κ1) is 17.1. The van der Waals surface area contributed by atoms with Crippen LogP contribution in [0.25, 0.3) is 11.1 Å². The van der Waals surface area contributed by atoms with Crippen molar-refractivity contribution in [3.05, 3.63) is 54.4 Å². The lowest BCUT2D eigenvalue weighted by molar-refractivity contribution is -0.139. The number of carbonyl (C=O) groups excluding carboxylic acids is 1. The summed E-state index contributed by atoms with van der Waals surface area (Å²) in [6.45, 7) is 0.881. The average Bonchev–Trinajstić information content (AvgIpc) is 2.62. The molecule has 1 amide bonds. The monoisotopic (exact) mass is 340 g/mol. The molecule has 0 atom stereocenters. The number of hydrogen-bond donors (Lipinski definition) is 2. The van der Waals surface area contributed by atoms with Gasteiger partial charge in [-0.2, -0.15) is 0 Å². The maximum atomic E-state index is 12.7. The van der Waals surface area contributed by atoms with Crippen molar-refractivity contribution in [2.45, 2.75) is 24.8 Å². The third kappa shape index (κ3) is 4.22. The van der Waals surface area contributed by atoms with Gasteiger partial charge >= 0.3 is 5.97 Å². The number of amides is 1. The molecule has 0 unspecified atom stereocenters. The highest BCUT2D eigenvalue weighted by Gasteiger charge is 2.36. The second-order valence-corrected chi connectivity index (χ2v) is 6.25. The molecule has 1 saturated heterocycles. The molecule has 6 nitrogen and oxygen atoms in total. The Bertz CT molecular complexity index is 755. The van der Waals surface area contributed by atoms with Crippen molar-refractivity contribution in [1.29, 1.82) is 0 Å². The lowest BCUT2D eigenvalue weighted by Crippen LogP contribution is -2.53. The zero-order valence-electron chi connectivity index (χ0n) is 13.8. The first-order valence-corrected chi connectivity index (χ1v) is 8.21. The van der Waals surface area contributed by atoms with Crippen LogP contribution in [-0.4, -0.2) is 40.7 Å². The van der Waals surface area contributed by atoms with Crippen molar-refractivity contribution in [1.82, 2.24) is 10.3 Å². The number of ether oxygens (including phenoxy) is 1. The van der Waals surface area contributed by atoms with E-state index in [0.29, 0.717) is 31.6 Å². The summed E-state index contributed by atoms with van der Waals surface area (Å²) in [5.74, 6) is -1.24. The molecule has 0 saturated carbocycles. The molecular formula is C19H20N2O4. The van der Waals surface area contributed by atoms with Gasteiger partial charge < -0.3 is 15.2 Å². The maximum absolute atomic E-state index is 12.7. The quantitative estimate of drug-likeness (QED) is 0.873. The van der Waals surface area contributed by atoms with Crippen molar-refractivity contribution in [2.24, 2.45) is 0 Å². The average molecular weight is 340 g/mol. The Morgan fingerprint density at radius 3 is 2.52 bits per heavy atom. The van der Waals surface area contributed by atoms with Gasteiger partial charge in [-0.3, -0.25) is 14.6 Å². The summed E-state index contributed by atoms with van der Waals surface area (Å²) in [4.78, 5) is 28.1. The van der Waals surface area contributed by atoms with E-state index in [-0.39, 0.29) is 12.3 Å². The van der Waals surface area contributed by atoms with Gasteiger partial charge in [-0.15, -0.1) is 0 Å². The van der Waals surface area contributed by atoms with Crippen LogP contribution < -0.4 is 5.32 Å². The number of pyridine rings is 1. The summed E-state index contributed by atoms with van der Waals surface area (Å²) < 4.78 is 5.31. The van der Waals surface area contributed by atoms with E-state index in [2.05, 4.69) is 10.3 Å². The molecule has 2 aromatic rings. The molecule has 25 heavy (non-hydrogen) atoms. The molecule has 1 aliphatic heterocycles. The number of hydrogen-bond acceptors (Lipinski definition) is 4. The van der Waals surface area contributed by atoms with E-state index in [1.165, 1.54) is 6.20 Å². The van der Waals surface area contributed by atoms with Gasteiger partial charge in [0.05, 0.1) is 17.5 Å². The summed E-state index contributed by atoms with van der Waals surface area (Å²) >= 11 is 0. The predicted molar refractivity (Wildman–Crippen MR) is 92.2 cm³/mol. The molecule has 2 heterocycles. The third-order valence-corrected chi connectivity index (χ3v) is 4.43. The van der Waals surface area contributed by atoms with E-state index < -0.39 is 11.5 Å². The Labute approximate surface area is 145 Å². The van der Waals surface area contributed by atoms with Crippen LogP contribution in [0.3, 0.4) is 0 Å². The largest absolute Gasteiger partial charge is 0.481 e. The topological polar surface area (TPSA) is 88.5 Å². The number of nitrogens with zero attached hydrogens (tertiary/aromatic N) is 1. The highest BCUT2D eigenvalue weighted by atomic mass is 16.5. The maximum Gasteiger partial charge on any atom is 0.305 e. The predicted octanol–water partition coefficient (Wildman–Crippen LogP) is 2.50. The van der Waals surface area contributed by atoms with Gasteiger partial charge in [-0.05, 0) is 24.5 Å². The van der Waals surface area contributed by atoms with Gasteiger partial charge in [0, 0.05) is 31.2 Å². The van der Waals surface area contributed by atoms with E-state index in [4.69, 9.17) is 4.74 Å². The molecule has 0 aliphatic carbocycles. The summed E-state index contributed by atoms with van der Waals surface area (Å²) in [5, 5.41) is 12.1. The summed E-state index contributed by atoms with van der Waals surface area (Å²) in [5.41, 5.74) is 1.45. The van der Waals surface area contributed by atoms with Crippen molar-refractivity contribution < 1.29 is 19.4 Å². The number of benzene rings is 1. The van der Waals surface area contributed by atoms with Crippen LogP contribution in [0.15, 0.2) is 48.8 Å². The summed E-state index contributed by atoms with van der Waals surface area (Å²) in [6.07, 6.45) is 4.05. The number of rotatable bonds is 5. The van der Waals surface area contributed by atoms with Crippen molar-refractivity contribution in [2.75, 3.05) is 13.2 Å². The molecule has 130 valence electrons. The Morgan fingerprint density at radius 2 is 1.84 bits per heavy atom. The van der Waals surface area contributed by atoms with Gasteiger partial charge in [0.2, 0.25) is 0 Å². The number of nitrogens with one attached hydrogen (secondary N) is 1. The highest BCUT2D eigenvalue weighted by molar-refractivity contribution is 5.95. The van der Waals surface area contributed by atoms with E-state index in [1.54, 1.807) is 12.3 Å². The number of aliphatic carboxylic acids is 1. The highest BCUT2D eigenvalue weighted by Crippen LogP contribution is 2.26. The molecule has 1 aliphatic rings. The van der Waals surface area contributed by atoms with Crippen LogP contribution in [0.4, 0.5) is 0 Å². The first-order valence-electron chi connectivity index (χ1n) is 8.21. The Kier molecular flexibility index (Phi) is 5.09. The molecular weight excluding hydrogens is 320 g/mol. The van der Waals surface area contributed by atoms with Crippen LogP contribution in [0.2, 0.25) is 0 Å². The number of carbonyl (C=O) groups is 2. The van der Waals surface area contributed by atoms with Gasteiger partial charge in [0.1, 0.15) is 0 Å². The number of carboxylic acid groups (broad SMARTS) is 1. The molecule has 6 heteroatoms. The Morgan fingerprint density at radius 1 is 1.12 bits per heavy atom. The van der Waals surface area contributed by atoms with E-state index >= 15 is 0 Å². The van der Waals surface area contributed by atoms with E-state index in [1.807, 2.05) is 30.3 Å². The fourth-order valence-electron chi connectivity index (χ4n) is 3.06. The van der Waals surface area contributed by atoms with Crippen LogP contribution in [0.5, 0.6) is 0 Å². The zero-order valence-corrected chi connectivity index (χ0v) is 13.8. The first-order chi connectivity index (χ1) is 12.1. The smallest absolute Gasteiger partial charge is 0.305 e. The SMILES string of the molecule is O=C(O)CC1(NC(=O)c2cncc(-c3ccccc3)c2)CCOCC1. The fourth-order valence-corrected chi connectivity index (χ4v) is 3.06. The van der Waals surface area contributed by atoms with Crippen LogP contribution in [0, 0.1) is 0 Å². The standard InChI is InChI=1S/C19H20N2O4/c22-17(23)11-19(6-8-25-9-7-19)21-18(24)16-10-15(12-20-13-16)14-4-2-1-3-5-14/h1-5,10,12-13H,6-9,11H2,(H,21,24)(H,22,23). The zero-order chi connectivity index (χ0) is 17.7. The van der Waals surface area contributed by atoms with E-state index in [0.717, 1.165) is 11.1 Å². The van der Waals surface area contributed by atoms with Crippen molar-refractivity contribution >= 4 is 11.9 Å². The summed E-state index contributed by atoms with van der Waals surface area (Å²) in [7, 11) is 0. The Balaban J connectivity index is 1.81. The van der Waals surface area contributed by atoms with Crippen LogP contribution >= 0.6 is 0 Å². The summed E-state index contributed by atoms with van der Waals surface area (Å²) in [6, 6.07) is 11.4. The minimum absolute atomic E-state index is 0.117. The van der Waals surface area contributed by atoms with Crippen LogP contribution in [0.1, 0.15) is 29.6 Å². The van der Waals surface area contributed by atoms with Gasteiger partial charge in [0.25, 0.3) is 5.91 Å². The van der Waals surface area contributed by atoms with Gasteiger partial charge in [-0.25, -0.2) is 0 Å². The molecule has 0 bridgehead atoms. The lowest BCUT2D eigenvalue weighted by atomic mass is 9.86. The number of aromatic nitrogens is 1. The number of carboxylic acids is 1. The van der Waals surface area contributed by atoms with E-state index in [9.17, 15) is 14.7 Å². The fraction of sp³-hybridized carbons (Fsp3) is 0.316. The molecule has 3 rings (SSSR count). The molecule has 1 fully saturated rings. The molecule has 1 aromatic heterocycles. The molecule has 1 aromatic carbocycles. The third-order valence-electron chi connectivity index (χ3n) is 4.43. The van der Waals surface area contributed by atoms with Gasteiger partial charge in [-0.1, -0.05) is 30.3 Å². The van der Waals surface area contributed by atoms with Gasteiger partial charge in [0.15, 0.2) is 0 Å². The second kappa shape index (κ2) is 7.44.